The number of carbonyl (C=O) groups excluding carboxylic acids is 1. The van der Waals surface area contributed by atoms with Crippen molar-refractivity contribution in [1.29, 1.82) is 0 Å². The molecule has 1 fully saturated rings. The van der Waals surface area contributed by atoms with Crippen molar-refractivity contribution in [2.45, 2.75) is 19.9 Å². The van der Waals surface area contributed by atoms with Crippen LogP contribution in [-0.2, 0) is 11.3 Å². The zero-order valence-corrected chi connectivity index (χ0v) is 16.0. The molecule has 0 spiro atoms. The quantitative estimate of drug-likeness (QED) is 0.702. The maximum atomic E-state index is 12.6. The van der Waals surface area contributed by atoms with E-state index in [9.17, 15) is 9.59 Å². The summed E-state index contributed by atoms with van der Waals surface area (Å²) in [4.78, 5) is 33.7. The van der Waals surface area contributed by atoms with Crippen LogP contribution in [0.1, 0.15) is 12.0 Å². The minimum atomic E-state index is -0.0948. The lowest BCUT2D eigenvalue weighted by Crippen LogP contribution is -2.49. The summed E-state index contributed by atoms with van der Waals surface area (Å²) in [6, 6.07) is 15.7. The van der Waals surface area contributed by atoms with Gasteiger partial charge in [0.25, 0.3) is 5.56 Å². The summed E-state index contributed by atoms with van der Waals surface area (Å²) in [6.45, 7) is 5.51. The van der Waals surface area contributed by atoms with Gasteiger partial charge in [-0.1, -0.05) is 24.3 Å². The summed E-state index contributed by atoms with van der Waals surface area (Å²) in [5.74, 6) is 0.0870. The van der Waals surface area contributed by atoms with E-state index in [0.29, 0.717) is 37.0 Å². The number of benzene rings is 2. The molecule has 1 saturated heterocycles. The van der Waals surface area contributed by atoms with Crippen LogP contribution >= 0.6 is 0 Å². The smallest absolute Gasteiger partial charge is 0.261 e. The van der Waals surface area contributed by atoms with Crippen LogP contribution in [0.3, 0.4) is 0 Å². The van der Waals surface area contributed by atoms with E-state index in [0.717, 1.165) is 13.1 Å². The highest BCUT2D eigenvalue weighted by Gasteiger charge is 2.21. The molecule has 4 rings (SSSR count). The molecule has 144 valence electrons. The summed E-state index contributed by atoms with van der Waals surface area (Å²) >= 11 is 0. The number of carbonyl (C=O) groups is 1. The molecule has 1 amide bonds. The van der Waals surface area contributed by atoms with Crippen LogP contribution in [-0.4, -0.2) is 46.5 Å². The van der Waals surface area contributed by atoms with E-state index in [-0.39, 0.29) is 11.5 Å². The van der Waals surface area contributed by atoms with Crippen LogP contribution in [0.4, 0.5) is 5.69 Å². The topological polar surface area (TPSA) is 58.4 Å². The molecule has 3 aromatic rings. The molecule has 0 N–H and O–H groups in total. The van der Waals surface area contributed by atoms with E-state index in [1.807, 2.05) is 23.1 Å². The van der Waals surface area contributed by atoms with Crippen molar-refractivity contribution in [2.75, 3.05) is 31.1 Å². The third-order valence-corrected chi connectivity index (χ3v) is 5.30. The molecule has 6 heteroatoms. The zero-order valence-electron chi connectivity index (χ0n) is 16.0. The highest BCUT2D eigenvalue weighted by atomic mass is 16.2. The number of hydrogen-bond donors (Lipinski definition) is 0. The molecule has 28 heavy (non-hydrogen) atoms. The molecule has 1 aliphatic heterocycles. The third kappa shape index (κ3) is 3.76. The number of hydrogen-bond acceptors (Lipinski definition) is 4. The number of aromatic nitrogens is 2. The predicted octanol–water partition coefficient (Wildman–Crippen LogP) is 2.44. The lowest BCUT2D eigenvalue weighted by atomic mass is 10.2. The monoisotopic (exact) mass is 376 g/mol. The van der Waals surface area contributed by atoms with Crippen molar-refractivity contribution >= 4 is 22.5 Å². The Morgan fingerprint density at radius 2 is 1.82 bits per heavy atom. The first-order valence-corrected chi connectivity index (χ1v) is 9.65. The van der Waals surface area contributed by atoms with Crippen LogP contribution in [0, 0.1) is 6.92 Å². The molecule has 6 nitrogen and oxygen atoms in total. The van der Waals surface area contributed by atoms with E-state index in [1.54, 1.807) is 6.07 Å². The van der Waals surface area contributed by atoms with Crippen LogP contribution < -0.4 is 10.5 Å². The zero-order chi connectivity index (χ0) is 19.5. The number of piperazine rings is 1. The normalized spacial score (nSPS) is 14.5. The molecule has 0 atom stereocenters. The van der Waals surface area contributed by atoms with Gasteiger partial charge < -0.3 is 9.80 Å². The van der Waals surface area contributed by atoms with Crippen molar-refractivity contribution in [2.24, 2.45) is 0 Å². The second-order valence-corrected chi connectivity index (χ2v) is 7.22. The maximum Gasteiger partial charge on any atom is 0.261 e. The summed E-state index contributed by atoms with van der Waals surface area (Å²) in [5, 5.41) is 0.587. The number of fused-ring (bicyclic) bond motifs is 1. The molecule has 0 bridgehead atoms. The van der Waals surface area contributed by atoms with Gasteiger partial charge in [0, 0.05) is 44.8 Å². The Balaban J connectivity index is 1.35. The number of aryl methyl sites for hydroxylation is 2. The molecule has 0 unspecified atom stereocenters. The van der Waals surface area contributed by atoms with Crippen molar-refractivity contribution in [3.05, 3.63) is 70.8 Å². The van der Waals surface area contributed by atoms with Crippen LogP contribution in [0.25, 0.3) is 10.9 Å². The van der Waals surface area contributed by atoms with Crippen molar-refractivity contribution < 1.29 is 4.79 Å². The highest BCUT2D eigenvalue weighted by molar-refractivity contribution is 5.78. The first kappa shape index (κ1) is 18.2. The van der Waals surface area contributed by atoms with Gasteiger partial charge in [-0.15, -0.1) is 0 Å². The lowest BCUT2D eigenvalue weighted by molar-refractivity contribution is -0.131. The Bertz CT molecular complexity index is 1050. The standard InChI is InChI=1S/C22H24N4O2/c1-17-5-4-6-18(15-17)24-11-13-25(14-12-24)21(27)9-10-26-16-23-20-8-3-2-7-19(20)22(26)28/h2-8,15-16H,9-14H2,1H3. The second-order valence-electron chi connectivity index (χ2n) is 7.22. The Labute approximate surface area is 164 Å². The summed E-state index contributed by atoms with van der Waals surface area (Å²) < 4.78 is 1.53. The molecule has 2 heterocycles. The second kappa shape index (κ2) is 7.84. The van der Waals surface area contributed by atoms with Gasteiger partial charge in [-0.05, 0) is 36.8 Å². The third-order valence-electron chi connectivity index (χ3n) is 5.30. The van der Waals surface area contributed by atoms with Crippen LogP contribution in [0.5, 0.6) is 0 Å². The molecule has 0 saturated carbocycles. The molecule has 0 aliphatic carbocycles. The Morgan fingerprint density at radius 1 is 1.04 bits per heavy atom. The maximum absolute atomic E-state index is 12.6. The van der Waals surface area contributed by atoms with E-state index < -0.39 is 0 Å². The lowest BCUT2D eigenvalue weighted by Gasteiger charge is -2.36. The number of nitrogens with zero attached hydrogens (tertiary/aromatic N) is 4. The molecule has 1 aliphatic rings. The van der Waals surface area contributed by atoms with Gasteiger partial charge in [0.2, 0.25) is 5.91 Å². The average Bonchev–Trinajstić information content (AvgIpc) is 2.73. The minimum Gasteiger partial charge on any atom is -0.368 e. The number of amides is 1. The largest absolute Gasteiger partial charge is 0.368 e. The van der Waals surface area contributed by atoms with Crippen LogP contribution in [0.15, 0.2) is 59.7 Å². The molecular weight excluding hydrogens is 352 g/mol. The number of rotatable bonds is 4. The molecular formula is C22H24N4O2. The highest BCUT2D eigenvalue weighted by Crippen LogP contribution is 2.18. The van der Waals surface area contributed by atoms with E-state index >= 15 is 0 Å². The Hall–Kier alpha value is -3.15. The van der Waals surface area contributed by atoms with Gasteiger partial charge in [0.15, 0.2) is 0 Å². The fourth-order valence-electron chi connectivity index (χ4n) is 3.68. The Kier molecular flexibility index (Phi) is 5.10. The van der Waals surface area contributed by atoms with E-state index in [2.05, 4.69) is 41.1 Å². The van der Waals surface area contributed by atoms with Crippen molar-refractivity contribution in [3.8, 4) is 0 Å². The fourth-order valence-corrected chi connectivity index (χ4v) is 3.68. The summed E-state index contributed by atoms with van der Waals surface area (Å²) in [5.41, 5.74) is 3.04. The molecule has 2 aromatic carbocycles. The van der Waals surface area contributed by atoms with Gasteiger partial charge >= 0.3 is 0 Å². The van der Waals surface area contributed by atoms with Gasteiger partial charge in [0.1, 0.15) is 0 Å². The van der Waals surface area contributed by atoms with Gasteiger partial charge in [-0.25, -0.2) is 4.98 Å². The minimum absolute atomic E-state index is 0.0870. The van der Waals surface area contributed by atoms with Gasteiger partial charge in [0.05, 0.1) is 17.2 Å². The average molecular weight is 376 g/mol. The van der Waals surface area contributed by atoms with Gasteiger partial charge in [-0.2, -0.15) is 0 Å². The summed E-state index contributed by atoms with van der Waals surface area (Å²) in [7, 11) is 0. The van der Waals surface area contributed by atoms with Crippen molar-refractivity contribution in [3.63, 3.8) is 0 Å². The SMILES string of the molecule is Cc1cccc(N2CCN(C(=O)CCn3cnc4ccccc4c3=O)CC2)c1. The fraction of sp³-hybridized carbons (Fsp3) is 0.318. The number of anilines is 1. The van der Waals surface area contributed by atoms with Crippen molar-refractivity contribution in [1.82, 2.24) is 14.5 Å². The first-order valence-electron chi connectivity index (χ1n) is 9.65. The first-order chi connectivity index (χ1) is 13.6. The van der Waals surface area contributed by atoms with Gasteiger partial charge in [-0.3, -0.25) is 14.2 Å². The number of para-hydroxylation sites is 1. The van der Waals surface area contributed by atoms with E-state index in [4.69, 9.17) is 0 Å². The molecule has 1 aromatic heterocycles. The van der Waals surface area contributed by atoms with E-state index in [1.165, 1.54) is 22.1 Å². The Morgan fingerprint density at radius 3 is 2.61 bits per heavy atom. The molecule has 0 radical (unpaired) electrons. The predicted molar refractivity (Wildman–Crippen MR) is 111 cm³/mol. The van der Waals surface area contributed by atoms with Crippen LogP contribution in [0.2, 0.25) is 0 Å². The summed E-state index contributed by atoms with van der Waals surface area (Å²) in [6.07, 6.45) is 1.85.